The van der Waals surface area contributed by atoms with Gasteiger partial charge in [-0.3, -0.25) is 9.59 Å². The summed E-state index contributed by atoms with van der Waals surface area (Å²) in [7, 11) is 1.56. The topological polar surface area (TPSA) is 75.6 Å². The summed E-state index contributed by atoms with van der Waals surface area (Å²) < 4.78 is 5.10. The van der Waals surface area contributed by atoms with Crippen molar-refractivity contribution in [2.45, 2.75) is 39.3 Å². The third-order valence-electron chi connectivity index (χ3n) is 2.93. The number of methoxy groups -OCH3 is 1. The summed E-state index contributed by atoms with van der Waals surface area (Å²) in [5.74, 6) is -0.533. The SMILES string of the molecule is COc1ccc(C(=O)C(CC(=O)O)NC(C)C)c(C)c1. The summed E-state index contributed by atoms with van der Waals surface area (Å²) in [6.45, 7) is 5.56. The number of ether oxygens (including phenoxy) is 1. The fraction of sp³-hybridized carbons (Fsp3) is 0.467. The molecular weight excluding hydrogens is 258 g/mol. The van der Waals surface area contributed by atoms with Crippen molar-refractivity contribution < 1.29 is 19.4 Å². The van der Waals surface area contributed by atoms with Gasteiger partial charge in [0.1, 0.15) is 5.75 Å². The van der Waals surface area contributed by atoms with E-state index in [1.165, 1.54) is 0 Å². The number of carboxylic acid groups (broad SMARTS) is 1. The van der Waals surface area contributed by atoms with Crippen LogP contribution in [-0.4, -0.2) is 36.1 Å². The van der Waals surface area contributed by atoms with Gasteiger partial charge in [-0.25, -0.2) is 0 Å². The minimum absolute atomic E-state index is 0.0295. The molecule has 0 amide bonds. The van der Waals surface area contributed by atoms with Gasteiger partial charge < -0.3 is 15.2 Å². The van der Waals surface area contributed by atoms with Crippen LogP contribution in [-0.2, 0) is 4.79 Å². The molecule has 0 heterocycles. The normalized spacial score (nSPS) is 12.2. The molecule has 1 aromatic carbocycles. The van der Waals surface area contributed by atoms with Crippen LogP contribution in [0.2, 0.25) is 0 Å². The van der Waals surface area contributed by atoms with Crippen LogP contribution in [0.3, 0.4) is 0 Å². The monoisotopic (exact) mass is 279 g/mol. The molecule has 2 N–H and O–H groups in total. The van der Waals surface area contributed by atoms with Crippen molar-refractivity contribution in [1.29, 1.82) is 0 Å². The van der Waals surface area contributed by atoms with E-state index in [2.05, 4.69) is 5.32 Å². The predicted octanol–water partition coefficient (Wildman–Crippen LogP) is 2.03. The molecule has 0 saturated heterocycles. The summed E-state index contributed by atoms with van der Waals surface area (Å²) in [6, 6.07) is 4.45. The summed E-state index contributed by atoms with van der Waals surface area (Å²) in [5, 5.41) is 11.9. The van der Waals surface area contributed by atoms with E-state index in [9.17, 15) is 9.59 Å². The quantitative estimate of drug-likeness (QED) is 0.747. The number of carbonyl (C=O) groups excluding carboxylic acids is 1. The lowest BCUT2D eigenvalue weighted by atomic mass is 9.97. The minimum Gasteiger partial charge on any atom is -0.497 e. The second-order valence-electron chi connectivity index (χ2n) is 5.02. The molecule has 0 aliphatic heterocycles. The van der Waals surface area contributed by atoms with Gasteiger partial charge in [0.15, 0.2) is 5.78 Å². The van der Waals surface area contributed by atoms with Crippen molar-refractivity contribution in [2.75, 3.05) is 7.11 Å². The number of carbonyl (C=O) groups is 2. The lowest BCUT2D eigenvalue weighted by Gasteiger charge is -2.19. The standard InChI is InChI=1S/C15H21NO4/c1-9(2)16-13(8-14(17)18)15(19)12-6-5-11(20-4)7-10(12)3/h5-7,9,13,16H,8H2,1-4H3,(H,17,18). The largest absolute Gasteiger partial charge is 0.497 e. The van der Waals surface area contributed by atoms with E-state index in [0.29, 0.717) is 11.3 Å². The van der Waals surface area contributed by atoms with Crippen LogP contribution in [0, 0.1) is 6.92 Å². The Labute approximate surface area is 118 Å². The van der Waals surface area contributed by atoms with Gasteiger partial charge in [-0.15, -0.1) is 0 Å². The number of hydrogen-bond acceptors (Lipinski definition) is 4. The second kappa shape index (κ2) is 7.05. The number of Topliss-reactive ketones (excluding diaryl/α,β-unsaturated/α-hetero) is 1. The van der Waals surface area contributed by atoms with Crippen molar-refractivity contribution >= 4 is 11.8 Å². The zero-order valence-electron chi connectivity index (χ0n) is 12.3. The maximum absolute atomic E-state index is 12.5. The molecule has 0 bridgehead atoms. The zero-order chi connectivity index (χ0) is 15.3. The molecule has 1 rings (SSSR count). The highest BCUT2D eigenvalue weighted by Gasteiger charge is 2.24. The van der Waals surface area contributed by atoms with Crippen LogP contribution in [0.25, 0.3) is 0 Å². The maximum Gasteiger partial charge on any atom is 0.305 e. The summed E-state index contributed by atoms with van der Waals surface area (Å²) in [6.07, 6.45) is -0.234. The molecule has 0 saturated carbocycles. The third kappa shape index (κ3) is 4.35. The first kappa shape index (κ1) is 16.2. The number of nitrogens with one attached hydrogen (secondary N) is 1. The molecule has 0 radical (unpaired) electrons. The number of rotatable bonds is 7. The second-order valence-corrected chi connectivity index (χ2v) is 5.02. The number of ketones is 1. The molecule has 5 heteroatoms. The molecular formula is C15H21NO4. The molecule has 1 atom stereocenters. The average molecular weight is 279 g/mol. The number of carboxylic acids is 1. The van der Waals surface area contributed by atoms with E-state index in [1.807, 2.05) is 20.8 Å². The van der Waals surface area contributed by atoms with Gasteiger partial charge in [0.2, 0.25) is 0 Å². The Balaban J connectivity index is 3.01. The first-order chi connectivity index (χ1) is 9.35. The van der Waals surface area contributed by atoms with Gasteiger partial charge >= 0.3 is 5.97 Å². The molecule has 1 unspecified atom stereocenters. The Hall–Kier alpha value is -1.88. The van der Waals surface area contributed by atoms with Gasteiger partial charge in [0, 0.05) is 11.6 Å². The van der Waals surface area contributed by atoms with Crippen molar-refractivity contribution in [1.82, 2.24) is 5.32 Å². The van der Waals surface area contributed by atoms with Crippen molar-refractivity contribution in [3.05, 3.63) is 29.3 Å². The highest BCUT2D eigenvalue weighted by Crippen LogP contribution is 2.19. The van der Waals surface area contributed by atoms with Gasteiger partial charge in [-0.2, -0.15) is 0 Å². The van der Waals surface area contributed by atoms with Gasteiger partial charge in [0.25, 0.3) is 0 Å². The number of hydrogen-bond donors (Lipinski definition) is 2. The Morgan fingerprint density at radius 3 is 2.45 bits per heavy atom. The molecule has 0 aromatic heterocycles. The first-order valence-corrected chi connectivity index (χ1v) is 6.51. The average Bonchev–Trinajstić information content (AvgIpc) is 2.35. The number of benzene rings is 1. The van der Waals surface area contributed by atoms with Gasteiger partial charge in [-0.1, -0.05) is 13.8 Å². The Morgan fingerprint density at radius 1 is 1.35 bits per heavy atom. The third-order valence-corrected chi connectivity index (χ3v) is 2.93. The van der Waals surface area contributed by atoms with E-state index in [4.69, 9.17) is 9.84 Å². The van der Waals surface area contributed by atoms with Crippen LogP contribution in [0.1, 0.15) is 36.2 Å². The van der Waals surface area contributed by atoms with E-state index < -0.39 is 12.0 Å². The lowest BCUT2D eigenvalue weighted by Crippen LogP contribution is -2.42. The fourth-order valence-electron chi connectivity index (χ4n) is 2.03. The van der Waals surface area contributed by atoms with Crippen LogP contribution >= 0.6 is 0 Å². The van der Waals surface area contributed by atoms with Crippen molar-refractivity contribution in [2.24, 2.45) is 0 Å². The van der Waals surface area contributed by atoms with E-state index in [-0.39, 0.29) is 18.2 Å². The van der Waals surface area contributed by atoms with Crippen molar-refractivity contribution in [3.8, 4) is 5.75 Å². The van der Waals surface area contributed by atoms with Gasteiger partial charge in [0.05, 0.1) is 19.6 Å². The Morgan fingerprint density at radius 2 is 2.00 bits per heavy atom. The Kier molecular flexibility index (Phi) is 5.70. The van der Waals surface area contributed by atoms with Gasteiger partial charge in [-0.05, 0) is 30.7 Å². The van der Waals surface area contributed by atoms with Crippen molar-refractivity contribution in [3.63, 3.8) is 0 Å². The molecule has 0 spiro atoms. The Bertz CT molecular complexity index is 497. The van der Waals surface area contributed by atoms with E-state index in [1.54, 1.807) is 25.3 Å². The minimum atomic E-state index is -0.998. The van der Waals surface area contributed by atoms with Crippen LogP contribution in [0.15, 0.2) is 18.2 Å². The summed E-state index contributed by atoms with van der Waals surface area (Å²) >= 11 is 0. The molecule has 0 fully saturated rings. The summed E-state index contributed by atoms with van der Waals surface area (Å²) in [5.41, 5.74) is 1.29. The zero-order valence-corrected chi connectivity index (χ0v) is 12.3. The van der Waals surface area contributed by atoms with E-state index in [0.717, 1.165) is 5.56 Å². The summed E-state index contributed by atoms with van der Waals surface area (Å²) in [4.78, 5) is 23.4. The van der Waals surface area contributed by atoms with E-state index >= 15 is 0 Å². The lowest BCUT2D eigenvalue weighted by molar-refractivity contribution is -0.137. The highest BCUT2D eigenvalue weighted by molar-refractivity contribution is 6.02. The predicted molar refractivity (Wildman–Crippen MR) is 76.4 cm³/mol. The highest BCUT2D eigenvalue weighted by atomic mass is 16.5. The molecule has 20 heavy (non-hydrogen) atoms. The molecule has 5 nitrogen and oxygen atoms in total. The van der Waals surface area contributed by atoms with Crippen LogP contribution in [0.4, 0.5) is 0 Å². The van der Waals surface area contributed by atoms with Crippen LogP contribution in [0.5, 0.6) is 5.75 Å². The van der Waals surface area contributed by atoms with Crippen LogP contribution < -0.4 is 10.1 Å². The maximum atomic E-state index is 12.5. The smallest absolute Gasteiger partial charge is 0.305 e. The molecule has 0 aliphatic carbocycles. The fourth-order valence-corrected chi connectivity index (χ4v) is 2.03. The number of aliphatic carboxylic acids is 1. The number of aryl methyl sites for hydroxylation is 1. The first-order valence-electron chi connectivity index (χ1n) is 6.51. The molecule has 1 aromatic rings. The molecule has 110 valence electrons. The molecule has 0 aliphatic rings.